The number of benzene rings is 2. The Hall–Kier alpha value is -2.80. The van der Waals surface area contributed by atoms with Crippen LogP contribution < -0.4 is 10.9 Å². The molecule has 2 aromatic carbocycles. The molecule has 3 N–H and O–H groups in total. The van der Waals surface area contributed by atoms with E-state index in [0.29, 0.717) is 15.9 Å². The van der Waals surface area contributed by atoms with E-state index in [1.807, 2.05) is 30.3 Å². The molecule has 0 amide bonds. The molecule has 0 aliphatic rings. The summed E-state index contributed by atoms with van der Waals surface area (Å²) in [5.74, 6) is -1.02. The lowest BCUT2D eigenvalue weighted by Gasteiger charge is -2.22. The smallest absolute Gasteiger partial charge is 0.337 e. The topological polar surface area (TPSA) is 87.1 Å². The lowest BCUT2D eigenvalue weighted by atomic mass is 10.0. The van der Waals surface area contributed by atoms with Gasteiger partial charge in [0.1, 0.15) is 4.47 Å². The van der Waals surface area contributed by atoms with Gasteiger partial charge in [-0.2, -0.15) is 0 Å². The van der Waals surface area contributed by atoms with Gasteiger partial charge >= 0.3 is 5.97 Å². The van der Waals surface area contributed by atoms with Gasteiger partial charge in [0.15, 0.2) is 0 Å². The van der Waals surface area contributed by atoms with Crippen molar-refractivity contribution in [1.29, 1.82) is 0 Å². The number of rotatable bonds is 5. The minimum Gasteiger partial charge on any atom is -0.478 e. The van der Waals surface area contributed by atoms with E-state index in [-0.39, 0.29) is 11.1 Å². The summed E-state index contributed by atoms with van der Waals surface area (Å²) < 4.78 is 2.03. The van der Waals surface area contributed by atoms with E-state index in [0.717, 1.165) is 5.56 Å². The number of nitrogens with zero attached hydrogens (tertiary/aromatic N) is 1. The maximum atomic E-state index is 12.0. The number of nitrogens with one attached hydrogen (secondary N) is 2. The van der Waals surface area contributed by atoms with Gasteiger partial charge in [-0.3, -0.25) is 14.6 Å². The number of aryl methyl sites for hydroxylation is 1. The number of H-pyrrole nitrogens is 1. The zero-order valence-corrected chi connectivity index (χ0v) is 14.9. The van der Waals surface area contributed by atoms with Crippen LogP contribution in [0.5, 0.6) is 0 Å². The number of aromatic nitrogens is 2. The molecule has 0 saturated heterocycles. The van der Waals surface area contributed by atoms with E-state index in [2.05, 4.69) is 26.3 Å². The summed E-state index contributed by atoms with van der Waals surface area (Å²) in [5.41, 5.74) is 1.98. The molecule has 0 fully saturated rings. The molecule has 0 aliphatic carbocycles. The van der Waals surface area contributed by atoms with Crippen molar-refractivity contribution >= 4 is 27.6 Å². The standard InChI is InChI=1S/C18H16BrN3O3/c1-22-16(14(19)17(23)21-22)15(11-7-3-2-4-8-11)20-13-10-6-5-9-12(13)18(24)25/h2-10,15,20H,1H3,(H,21,23)(H,24,25). The second-order valence-corrected chi connectivity index (χ2v) is 6.33. The maximum Gasteiger partial charge on any atom is 0.337 e. The number of aromatic amines is 1. The summed E-state index contributed by atoms with van der Waals surface area (Å²) in [7, 11) is 1.74. The number of halogens is 1. The van der Waals surface area contributed by atoms with E-state index in [4.69, 9.17) is 0 Å². The summed E-state index contributed by atoms with van der Waals surface area (Å²) in [6, 6.07) is 15.8. The average Bonchev–Trinajstić information content (AvgIpc) is 2.86. The molecule has 0 radical (unpaired) electrons. The minimum absolute atomic E-state index is 0.167. The van der Waals surface area contributed by atoms with Crippen molar-refractivity contribution in [3.05, 3.63) is 86.2 Å². The predicted molar refractivity (Wildman–Crippen MR) is 99.0 cm³/mol. The zero-order valence-electron chi connectivity index (χ0n) is 13.4. The van der Waals surface area contributed by atoms with Gasteiger partial charge in [-0.15, -0.1) is 0 Å². The Morgan fingerprint density at radius 3 is 2.40 bits per heavy atom. The summed E-state index contributed by atoms with van der Waals surface area (Å²) in [6.07, 6.45) is 0. The number of aromatic carboxylic acids is 1. The molecular formula is C18H16BrN3O3. The highest BCUT2D eigenvalue weighted by Gasteiger charge is 2.24. The van der Waals surface area contributed by atoms with Crippen LogP contribution in [0.1, 0.15) is 27.7 Å². The third-order valence-electron chi connectivity index (χ3n) is 3.92. The fourth-order valence-electron chi connectivity index (χ4n) is 2.75. The average molecular weight is 402 g/mol. The SMILES string of the molecule is Cn1[nH]c(=O)c(Br)c1C(Nc1ccccc1C(=O)O)c1ccccc1. The molecule has 0 aliphatic heterocycles. The van der Waals surface area contributed by atoms with Crippen LogP contribution in [0.15, 0.2) is 63.9 Å². The molecule has 0 saturated carbocycles. The van der Waals surface area contributed by atoms with Gasteiger partial charge < -0.3 is 10.4 Å². The number of carboxylic acid groups (broad SMARTS) is 1. The van der Waals surface area contributed by atoms with Gasteiger partial charge in [-0.1, -0.05) is 42.5 Å². The van der Waals surface area contributed by atoms with E-state index in [1.165, 1.54) is 6.07 Å². The van der Waals surface area contributed by atoms with Crippen molar-refractivity contribution in [1.82, 2.24) is 9.78 Å². The Kier molecular flexibility index (Phi) is 4.76. The Morgan fingerprint density at radius 2 is 1.80 bits per heavy atom. The largest absolute Gasteiger partial charge is 0.478 e. The van der Waals surface area contributed by atoms with E-state index >= 15 is 0 Å². The molecule has 1 aromatic heterocycles. The van der Waals surface area contributed by atoms with Crippen molar-refractivity contribution < 1.29 is 9.90 Å². The van der Waals surface area contributed by atoms with Crippen molar-refractivity contribution in [3.63, 3.8) is 0 Å². The van der Waals surface area contributed by atoms with Gasteiger partial charge in [-0.25, -0.2) is 4.79 Å². The zero-order chi connectivity index (χ0) is 18.0. The van der Waals surface area contributed by atoms with Crippen LogP contribution in [0.25, 0.3) is 0 Å². The quantitative estimate of drug-likeness (QED) is 0.611. The molecule has 0 spiro atoms. The molecule has 3 rings (SSSR count). The highest BCUT2D eigenvalue weighted by atomic mass is 79.9. The minimum atomic E-state index is -1.02. The first-order valence-corrected chi connectivity index (χ1v) is 8.36. The molecule has 25 heavy (non-hydrogen) atoms. The van der Waals surface area contributed by atoms with Gasteiger partial charge in [0.05, 0.1) is 17.3 Å². The van der Waals surface area contributed by atoms with Crippen LogP contribution in [0, 0.1) is 0 Å². The number of hydrogen-bond donors (Lipinski definition) is 3. The summed E-state index contributed by atoms with van der Waals surface area (Å²) in [4.78, 5) is 23.5. The van der Waals surface area contributed by atoms with Crippen LogP contribution in [0.3, 0.4) is 0 Å². The van der Waals surface area contributed by atoms with Crippen molar-refractivity contribution in [3.8, 4) is 0 Å². The first kappa shape index (κ1) is 17.0. The molecule has 1 unspecified atom stereocenters. The number of para-hydroxylation sites is 1. The molecule has 7 heteroatoms. The first-order chi connectivity index (χ1) is 12.0. The predicted octanol–water partition coefficient (Wildman–Crippen LogP) is 3.38. The summed E-state index contributed by atoms with van der Waals surface area (Å²) in [5, 5.41) is 15.4. The highest BCUT2D eigenvalue weighted by Crippen LogP contribution is 2.31. The van der Waals surface area contributed by atoms with Crippen molar-refractivity contribution in [2.75, 3.05) is 5.32 Å². The van der Waals surface area contributed by atoms with E-state index < -0.39 is 12.0 Å². The monoisotopic (exact) mass is 401 g/mol. The van der Waals surface area contributed by atoms with E-state index in [9.17, 15) is 14.7 Å². The summed E-state index contributed by atoms with van der Waals surface area (Å²) >= 11 is 3.34. The fraction of sp³-hybridized carbons (Fsp3) is 0.111. The van der Waals surface area contributed by atoms with E-state index in [1.54, 1.807) is 29.9 Å². The van der Waals surface area contributed by atoms with Gasteiger partial charge in [-0.05, 0) is 33.6 Å². The Bertz CT molecular complexity index is 963. The molecule has 3 aromatic rings. The van der Waals surface area contributed by atoms with Crippen LogP contribution in [0.2, 0.25) is 0 Å². The third-order valence-corrected chi connectivity index (χ3v) is 4.68. The molecule has 1 atom stereocenters. The Morgan fingerprint density at radius 1 is 1.16 bits per heavy atom. The van der Waals surface area contributed by atoms with Gasteiger partial charge in [0.2, 0.25) is 0 Å². The van der Waals surface area contributed by atoms with Crippen LogP contribution in [-0.2, 0) is 7.05 Å². The number of anilines is 1. The molecule has 128 valence electrons. The highest BCUT2D eigenvalue weighted by molar-refractivity contribution is 9.10. The lowest BCUT2D eigenvalue weighted by Crippen LogP contribution is -2.18. The Labute approximate surface area is 152 Å². The number of carboxylic acids is 1. The van der Waals surface area contributed by atoms with Crippen LogP contribution >= 0.6 is 15.9 Å². The molecular weight excluding hydrogens is 386 g/mol. The van der Waals surface area contributed by atoms with Crippen molar-refractivity contribution in [2.45, 2.75) is 6.04 Å². The lowest BCUT2D eigenvalue weighted by molar-refractivity contribution is 0.0698. The summed E-state index contributed by atoms with van der Waals surface area (Å²) in [6.45, 7) is 0. The van der Waals surface area contributed by atoms with Gasteiger partial charge in [0.25, 0.3) is 5.56 Å². The second-order valence-electron chi connectivity index (χ2n) is 5.54. The van der Waals surface area contributed by atoms with Gasteiger partial charge in [0, 0.05) is 12.7 Å². The van der Waals surface area contributed by atoms with Crippen LogP contribution in [-0.4, -0.2) is 20.9 Å². The number of carbonyl (C=O) groups is 1. The maximum absolute atomic E-state index is 12.0. The van der Waals surface area contributed by atoms with Crippen LogP contribution in [0.4, 0.5) is 5.69 Å². The molecule has 1 heterocycles. The first-order valence-electron chi connectivity index (χ1n) is 7.57. The third kappa shape index (κ3) is 3.36. The Balaban J connectivity index is 2.14. The van der Waals surface area contributed by atoms with Crippen molar-refractivity contribution in [2.24, 2.45) is 7.05 Å². The number of hydrogen-bond acceptors (Lipinski definition) is 3. The fourth-order valence-corrected chi connectivity index (χ4v) is 3.34. The normalized spacial score (nSPS) is 11.9. The molecule has 0 bridgehead atoms. The second kappa shape index (κ2) is 6.98. The molecule has 6 nitrogen and oxygen atoms in total.